The molecule has 0 unspecified atom stereocenters. The normalized spacial score (nSPS) is 19.0. The molecular weight excluding hydrogens is 422 g/mol. The van der Waals surface area contributed by atoms with Crippen molar-refractivity contribution in [1.82, 2.24) is 0 Å². The molecule has 3 rings (SSSR count). The highest BCUT2D eigenvalue weighted by molar-refractivity contribution is 7.85. The molecule has 0 saturated heterocycles. The zero-order valence-corrected chi connectivity index (χ0v) is 19.2. The van der Waals surface area contributed by atoms with Crippen molar-refractivity contribution in [2.75, 3.05) is 19.4 Å². The van der Waals surface area contributed by atoms with Crippen LogP contribution in [0.25, 0.3) is 0 Å². The fraction of sp³-hybridized carbons (Fsp3) is 0.435. The van der Waals surface area contributed by atoms with Gasteiger partial charge in [-0.1, -0.05) is 24.3 Å². The highest BCUT2D eigenvalue weighted by atomic mass is 35.5. The summed E-state index contributed by atoms with van der Waals surface area (Å²) in [6.07, 6.45) is 7.02. The minimum Gasteiger partial charge on any atom is -0.497 e. The number of rotatable bonds is 7. The molecule has 5 nitrogen and oxygen atoms in total. The topological polar surface area (TPSA) is 66.6 Å². The Hall–Kier alpha value is -1.89. The molecule has 0 amide bonds. The van der Waals surface area contributed by atoms with Crippen LogP contribution in [0.4, 0.5) is 5.69 Å². The maximum absolute atomic E-state index is 11.2. The Balaban J connectivity index is 2.04. The number of nitrogens with zero attached hydrogens (tertiary/aromatic N) is 1. The van der Waals surface area contributed by atoms with Crippen LogP contribution in [0, 0.1) is 6.58 Å². The number of halogens is 1. The Labute approximate surface area is 184 Å². The summed E-state index contributed by atoms with van der Waals surface area (Å²) < 4.78 is 39.1. The van der Waals surface area contributed by atoms with Gasteiger partial charge in [0.05, 0.1) is 18.3 Å². The molecule has 30 heavy (non-hydrogen) atoms. The fourth-order valence-corrected chi connectivity index (χ4v) is 4.90. The van der Waals surface area contributed by atoms with E-state index in [4.69, 9.17) is 27.5 Å². The molecule has 0 saturated carbocycles. The zero-order valence-electron chi connectivity index (χ0n) is 17.6. The number of fused-ring (bicyclic) bond motifs is 1. The summed E-state index contributed by atoms with van der Waals surface area (Å²) in [4.78, 5) is 0. The lowest BCUT2D eigenvalue weighted by atomic mass is 9.81. The third-order valence-corrected chi connectivity index (χ3v) is 7.07. The number of hydrogen-bond donors (Lipinski definition) is 1. The molecule has 0 fully saturated rings. The lowest BCUT2D eigenvalue weighted by Gasteiger charge is -2.17. The van der Waals surface area contributed by atoms with Crippen molar-refractivity contribution in [2.45, 2.75) is 44.9 Å². The van der Waals surface area contributed by atoms with E-state index in [-0.39, 0.29) is 11.2 Å². The SMILES string of the molecule is [CH]=C1CCCC(/C=C/C2=[N+](CCCS(=O)(=O)O)c3ccc(OC)cc3C2(C)C)=C1Cl. The summed E-state index contributed by atoms with van der Waals surface area (Å²) in [5.41, 5.74) is 4.54. The Kier molecular flexibility index (Phi) is 6.60. The molecule has 0 spiro atoms. The van der Waals surface area contributed by atoms with Crippen LogP contribution < -0.4 is 4.74 Å². The van der Waals surface area contributed by atoms with Gasteiger partial charge in [0, 0.05) is 29.2 Å². The molecule has 0 aromatic heterocycles. The largest absolute Gasteiger partial charge is 0.497 e. The predicted octanol–water partition coefficient (Wildman–Crippen LogP) is 4.94. The summed E-state index contributed by atoms with van der Waals surface area (Å²) in [7, 11) is -2.37. The van der Waals surface area contributed by atoms with Gasteiger partial charge in [-0.25, -0.2) is 0 Å². The average molecular weight is 450 g/mol. The molecule has 1 aromatic carbocycles. The lowest BCUT2D eigenvalue weighted by molar-refractivity contribution is -0.437. The van der Waals surface area contributed by atoms with Gasteiger partial charge in [0.25, 0.3) is 10.1 Å². The number of methoxy groups -OCH3 is 1. The fourth-order valence-electron chi connectivity index (χ4n) is 4.16. The van der Waals surface area contributed by atoms with E-state index in [9.17, 15) is 8.42 Å². The average Bonchev–Trinajstić information content (AvgIpc) is 2.88. The van der Waals surface area contributed by atoms with Crippen LogP contribution in [0.5, 0.6) is 5.75 Å². The Bertz CT molecular complexity index is 1060. The number of allylic oxidation sites excluding steroid dienone is 5. The van der Waals surface area contributed by atoms with Crippen molar-refractivity contribution in [2.24, 2.45) is 0 Å². The maximum atomic E-state index is 11.2. The summed E-state index contributed by atoms with van der Waals surface area (Å²) >= 11 is 6.42. The van der Waals surface area contributed by atoms with Gasteiger partial charge in [-0.15, -0.1) is 0 Å². The summed E-state index contributed by atoms with van der Waals surface area (Å²) in [5, 5.41) is 0.631. The second kappa shape index (κ2) is 8.69. The van der Waals surface area contributed by atoms with Gasteiger partial charge >= 0.3 is 0 Å². The zero-order chi connectivity index (χ0) is 22.1. The molecule has 0 bridgehead atoms. The van der Waals surface area contributed by atoms with Crippen LogP contribution in [-0.2, 0) is 15.5 Å². The van der Waals surface area contributed by atoms with E-state index in [0.29, 0.717) is 18.0 Å². The van der Waals surface area contributed by atoms with E-state index in [0.717, 1.165) is 53.1 Å². The van der Waals surface area contributed by atoms with Gasteiger partial charge in [0.1, 0.15) is 12.3 Å². The molecule has 7 heteroatoms. The monoisotopic (exact) mass is 449 g/mol. The third kappa shape index (κ3) is 4.71. The van der Waals surface area contributed by atoms with E-state index in [1.54, 1.807) is 7.11 Å². The molecule has 1 aliphatic heterocycles. The first-order chi connectivity index (χ1) is 14.0. The van der Waals surface area contributed by atoms with E-state index < -0.39 is 10.1 Å². The Morgan fingerprint density at radius 2 is 2.03 bits per heavy atom. The van der Waals surface area contributed by atoms with Gasteiger partial charge in [-0.3, -0.25) is 4.55 Å². The minimum atomic E-state index is -4.01. The first-order valence-corrected chi connectivity index (χ1v) is 12.0. The van der Waals surface area contributed by atoms with Crippen molar-refractivity contribution in [3.05, 3.63) is 58.7 Å². The molecule has 1 aromatic rings. The summed E-state index contributed by atoms with van der Waals surface area (Å²) in [6, 6.07) is 5.90. The minimum absolute atomic E-state index is 0.283. The van der Waals surface area contributed by atoms with Crippen LogP contribution in [0.2, 0.25) is 0 Å². The number of ether oxygens (including phenoxy) is 1. The molecule has 1 N–H and O–H groups in total. The van der Waals surface area contributed by atoms with Crippen molar-refractivity contribution in [1.29, 1.82) is 0 Å². The van der Waals surface area contributed by atoms with Crippen LogP contribution in [0.1, 0.15) is 45.1 Å². The van der Waals surface area contributed by atoms with Crippen LogP contribution in [0.15, 0.2) is 46.5 Å². The van der Waals surface area contributed by atoms with Crippen molar-refractivity contribution in [3.8, 4) is 5.75 Å². The quantitative estimate of drug-likeness (QED) is 0.472. The standard InChI is InChI=1S/C23H27ClNO4S/c1-16-7-5-8-17(22(16)24)9-12-21-23(2,3)19-15-18(29-4)10-11-20(19)25(21)13-6-14-30(26,27)28/h1,9-12,15H,5-8,13-14H2,2-4H3/p+1/b12-9+,16-1?. The second-order valence-electron chi connectivity index (χ2n) is 8.24. The lowest BCUT2D eigenvalue weighted by Crippen LogP contribution is -2.28. The predicted molar refractivity (Wildman–Crippen MR) is 121 cm³/mol. The van der Waals surface area contributed by atoms with E-state index in [2.05, 4.69) is 24.5 Å². The Morgan fingerprint density at radius 3 is 2.70 bits per heavy atom. The van der Waals surface area contributed by atoms with E-state index in [1.165, 1.54) is 0 Å². The molecule has 0 atom stereocenters. The molecule has 161 valence electrons. The van der Waals surface area contributed by atoms with Crippen LogP contribution in [0.3, 0.4) is 0 Å². The van der Waals surface area contributed by atoms with Gasteiger partial charge in [-0.2, -0.15) is 13.0 Å². The first kappa shape index (κ1) is 22.8. The summed E-state index contributed by atoms with van der Waals surface area (Å²) in [5.74, 6) is 0.486. The van der Waals surface area contributed by atoms with Gasteiger partial charge in [0.15, 0.2) is 5.71 Å². The summed E-state index contributed by atoms with van der Waals surface area (Å²) in [6.45, 7) is 10.7. The number of hydrogen-bond acceptors (Lipinski definition) is 3. The van der Waals surface area contributed by atoms with E-state index in [1.807, 2.05) is 24.3 Å². The molecule has 1 aliphatic carbocycles. The van der Waals surface area contributed by atoms with Gasteiger partial charge in [0.2, 0.25) is 5.69 Å². The third-order valence-electron chi connectivity index (χ3n) is 5.78. The number of benzene rings is 1. The van der Waals surface area contributed by atoms with Crippen molar-refractivity contribution in [3.63, 3.8) is 0 Å². The maximum Gasteiger partial charge on any atom is 0.265 e. The second-order valence-corrected chi connectivity index (χ2v) is 10.2. The highest BCUT2D eigenvalue weighted by Gasteiger charge is 2.44. The van der Waals surface area contributed by atoms with Crippen LogP contribution >= 0.6 is 11.6 Å². The van der Waals surface area contributed by atoms with Crippen molar-refractivity contribution < 1.29 is 22.3 Å². The molecule has 1 heterocycles. The molecular formula is C23H28ClNO4S+. The van der Waals surface area contributed by atoms with E-state index >= 15 is 0 Å². The molecule has 1 radical (unpaired) electrons. The molecule has 2 aliphatic rings. The van der Waals surface area contributed by atoms with Crippen molar-refractivity contribution >= 4 is 33.1 Å². The van der Waals surface area contributed by atoms with Crippen LogP contribution in [-0.4, -0.2) is 42.7 Å². The highest BCUT2D eigenvalue weighted by Crippen LogP contribution is 2.42. The van der Waals surface area contributed by atoms with Gasteiger partial charge < -0.3 is 4.74 Å². The smallest absolute Gasteiger partial charge is 0.265 e. The Morgan fingerprint density at radius 1 is 1.30 bits per heavy atom. The van der Waals surface area contributed by atoms with Gasteiger partial charge in [-0.05, 0) is 56.4 Å². The first-order valence-electron chi connectivity index (χ1n) is 10.0.